The topological polar surface area (TPSA) is 103 Å². The minimum absolute atomic E-state index is 0.0488. The summed E-state index contributed by atoms with van der Waals surface area (Å²) in [6, 6.07) is 15.9. The van der Waals surface area contributed by atoms with Crippen LogP contribution < -0.4 is 24.2 Å². The minimum atomic E-state index is -3.96. The van der Waals surface area contributed by atoms with Crippen LogP contribution in [-0.4, -0.2) is 35.7 Å². The molecule has 0 aliphatic rings. The normalized spacial score (nSPS) is 10.9. The molecule has 0 spiro atoms. The summed E-state index contributed by atoms with van der Waals surface area (Å²) < 4.78 is 44.1. The molecule has 0 heterocycles. The molecule has 0 radical (unpaired) electrons. The molecule has 3 aromatic carbocycles. The molecule has 0 saturated carbocycles. The van der Waals surface area contributed by atoms with Crippen LogP contribution >= 0.6 is 0 Å². The van der Waals surface area contributed by atoms with Gasteiger partial charge in [-0.15, -0.1) is 0 Å². The molecule has 0 aromatic heterocycles. The van der Waals surface area contributed by atoms with Crippen LogP contribution in [0.3, 0.4) is 0 Å². The second-order valence-electron chi connectivity index (χ2n) is 6.86. The molecule has 3 aromatic rings. The zero-order chi connectivity index (χ0) is 23.3. The number of hydrogen-bond acceptors (Lipinski definition) is 6. The fourth-order valence-electron chi connectivity index (χ4n) is 2.97. The van der Waals surface area contributed by atoms with E-state index >= 15 is 0 Å². The Morgan fingerprint density at radius 1 is 0.781 bits per heavy atom. The van der Waals surface area contributed by atoms with Gasteiger partial charge in [-0.05, 0) is 49.4 Å². The third-order valence-electron chi connectivity index (χ3n) is 4.68. The van der Waals surface area contributed by atoms with Crippen molar-refractivity contribution in [3.05, 3.63) is 71.8 Å². The lowest BCUT2D eigenvalue weighted by Crippen LogP contribution is -2.16. The molecule has 0 saturated heterocycles. The van der Waals surface area contributed by atoms with E-state index in [1.807, 2.05) is 19.1 Å². The third-order valence-corrected chi connectivity index (χ3v) is 6.06. The van der Waals surface area contributed by atoms with Crippen LogP contribution in [0.15, 0.2) is 65.6 Å². The van der Waals surface area contributed by atoms with Gasteiger partial charge in [-0.1, -0.05) is 17.7 Å². The average molecular weight is 457 g/mol. The zero-order valence-corrected chi connectivity index (χ0v) is 18.9. The number of hydrogen-bond donors (Lipinski definition) is 2. The lowest BCUT2D eigenvalue weighted by Gasteiger charge is -2.14. The molecule has 0 unspecified atom stereocenters. The Balaban J connectivity index is 1.89. The number of amides is 1. The van der Waals surface area contributed by atoms with Gasteiger partial charge in [0.25, 0.3) is 15.9 Å². The lowest BCUT2D eigenvalue weighted by molar-refractivity contribution is 0.102. The standard InChI is InChI=1S/C23H24N2O6S/c1-15-5-7-16(8-6-15)23(26)24-19-14-18(10-12-20(19)29-2)32(27,28)25-17-9-11-21(30-3)22(13-17)31-4/h5-14,25H,1-4H3,(H,24,26). The van der Waals surface area contributed by atoms with E-state index in [-0.39, 0.29) is 16.5 Å². The molecule has 0 aliphatic heterocycles. The van der Waals surface area contributed by atoms with Crippen molar-refractivity contribution < 1.29 is 27.4 Å². The molecule has 0 atom stereocenters. The first-order valence-electron chi connectivity index (χ1n) is 9.58. The summed E-state index contributed by atoms with van der Waals surface area (Å²) >= 11 is 0. The fraction of sp³-hybridized carbons (Fsp3) is 0.174. The molecule has 0 fully saturated rings. The first-order valence-corrected chi connectivity index (χ1v) is 11.1. The largest absolute Gasteiger partial charge is 0.495 e. The van der Waals surface area contributed by atoms with Crippen molar-refractivity contribution in [1.29, 1.82) is 0 Å². The Labute approximate surface area is 187 Å². The lowest BCUT2D eigenvalue weighted by atomic mass is 10.1. The van der Waals surface area contributed by atoms with Crippen LogP contribution in [0, 0.1) is 6.92 Å². The summed E-state index contributed by atoms with van der Waals surface area (Å²) in [5.74, 6) is 0.802. The van der Waals surface area contributed by atoms with Crippen molar-refractivity contribution in [2.75, 3.05) is 31.4 Å². The number of nitrogens with one attached hydrogen (secondary N) is 2. The second kappa shape index (κ2) is 9.61. The van der Waals surface area contributed by atoms with E-state index in [1.54, 1.807) is 24.3 Å². The van der Waals surface area contributed by atoms with Crippen molar-refractivity contribution in [3.63, 3.8) is 0 Å². The average Bonchev–Trinajstić information content (AvgIpc) is 2.79. The smallest absolute Gasteiger partial charge is 0.261 e. The van der Waals surface area contributed by atoms with E-state index in [0.29, 0.717) is 28.5 Å². The monoisotopic (exact) mass is 456 g/mol. The van der Waals surface area contributed by atoms with Crippen LogP contribution in [0.2, 0.25) is 0 Å². The van der Waals surface area contributed by atoms with Gasteiger partial charge in [0, 0.05) is 11.6 Å². The van der Waals surface area contributed by atoms with E-state index in [1.165, 1.54) is 45.6 Å². The van der Waals surface area contributed by atoms with Gasteiger partial charge >= 0.3 is 0 Å². The van der Waals surface area contributed by atoms with Gasteiger partial charge in [-0.25, -0.2) is 8.42 Å². The third kappa shape index (κ3) is 5.12. The Hall–Kier alpha value is -3.72. The quantitative estimate of drug-likeness (QED) is 0.530. The Bertz CT molecular complexity index is 1220. The Morgan fingerprint density at radius 2 is 1.41 bits per heavy atom. The number of ether oxygens (including phenoxy) is 3. The van der Waals surface area contributed by atoms with E-state index < -0.39 is 10.0 Å². The van der Waals surface area contributed by atoms with Crippen LogP contribution in [0.4, 0.5) is 11.4 Å². The van der Waals surface area contributed by atoms with Gasteiger partial charge in [-0.2, -0.15) is 0 Å². The van der Waals surface area contributed by atoms with Crippen molar-refractivity contribution in [2.24, 2.45) is 0 Å². The summed E-state index contributed by atoms with van der Waals surface area (Å²) in [7, 11) is 0.425. The number of carbonyl (C=O) groups is 1. The van der Waals surface area contributed by atoms with Crippen molar-refractivity contribution in [1.82, 2.24) is 0 Å². The Kier molecular flexibility index (Phi) is 6.89. The van der Waals surface area contributed by atoms with Crippen LogP contribution in [0.25, 0.3) is 0 Å². The highest BCUT2D eigenvalue weighted by Gasteiger charge is 2.19. The fourth-order valence-corrected chi connectivity index (χ4v) is 4.04. The molecular formula is C23H24N2O6S. The number of aryl methyl sites for hydroxylation is 1. The zero-order valence-electron chi connectivity index (χ0n) is 18.1. The highest BCUT2D eigenvalue weighted by Crippen LogP contribution is 2.32. The SMILES string of the molecule is COc1ccc(S(=O)(=O)Nc2ccc(OC)c(OC)c2)cc1NC(=O)c1ccc(C)cc1. The molecule has 8 nitrogen and oxygen atoms in total. The summed E-state index contributed by atoms with van der Waals surface area (Å²) in [5.41, 5.74) is 1.99. The van der Waals surface area contributed by atoms with Crippen molar-refractivity contribution in [3.8, 4) is 17.2 Å². The Morgan fingerprint density at radius 3 is 2.03 bits per heavy atom. The predicted octanol–water partition coefficient (Wildman–Crippen LogP) is 4.07. The van der Waals surface area contributed by atoms with Crippen LogP contribution in [-0.2, 0) is 10.0 Å². The first kappa shape index (κ1) is 23.0. The molecule has 168 valence electrons. The first-order chi connectivity index (χ1) is 15.3. The molecule has 1 amide bonds. The number of sulfonamides is 1. The maximum absolute atomic E-state index is 13.0. The van der Waals surface area contributed by atoms with Gasteiger partial charge < -0.3 is 19.5 Å². The maximum Gasteiger partial charge on any atom is 0.261 e. The number of anilines is 2. The van der Waals surface area contributed by atoms with Gasteiger partial charge in [0.1, 0.15) is 5.75 Å². The molecule has 0 aliphatic carbocycles. The van der Waals surface area contributed by atoms with Gasteiger partial charge in [-0.3, -0.25) is 9.52 Å². The van der Waals surface area contributed by atoms with Gasteiger partial charge in [0.05, 0.1) is 37.6 Å². The molecule has 9 heteroatoms. The predicted molar refractivity (Wildman–Crippen MR) is 122 cm³/mol. The van der Waals surface area contributed by atoms with Crippen molar-refractivity contribution in [2.45, 2.75) is 11.8 Å². The van der Waals surface area contributed by atoms with Gasteiger partial charge in [0.15, 0.2) is 11.5 Å². The van der Waals surface area contributed by atoms with Crippen LogP contribution in [0.1, 0.15) is 15.9 Å². The molecule has 0 bridgehead atoms. The summed E-state index contributed by atoms with van der Waals surface area (Å²) in [6.07, 6.45) is 0. The van der Waals surface area contributed by atoms with E-state index in [9.17, 15) is 13.2 Å². The number of benzene rings is 3. The number of carbonyl (C=O) groups excluding carboxylic acids is 1. The van der Waals surface area contributed by atoms with E-state index in [0.717, 1.165) is 5.56 Å². The number of methoxy groups -OCH3 is 3. The summed E-state index contributed by atoms with van der Waals surface area (Å²) in [5, 5.41) is 2.71. The molecular weight excluding hydrogens is 432 g/mol. The summed E-state index contributed by atoms with van der Waals surface area (Å²) in [6.45, 7) is 1.92. The highest BCUT2D eigenvalue weighted by molar-refractivity contribution is 7.92. The van der Waals surface area contributed by atoms with Crippen LogP contribution in [0.5, 0.6) is 17.2 Å². The van der Waals surface area contributed by atoms with Crippen molar-refractivity contribution >= 4 is 27.3 Å². The minimum Gasteiger partial charge on any atom is -0.495 e. The molecule has 2 N–H and O–H groups in total. The summed E-state index contributed by atoms with van der Waals surface area (Å²) in [4.78, 5) is 12.6. The van der Waals surface area contributed by atoms with Gasteiger partial charge in [0.2, 0.25) is 0 Å². The highest BCUT2D eigenvalue weighted by atomic mass is 32.2. The number of rotatable bonds is 8. The molecule has 32 heavy (non-hydrogen) atoms. The molecule has 3 rings (SSSR count). The second-order valence-corrected chi connectivity index (χ2v) is 8.54. The van der Waals surface area contributed by atoms with E-state index in [4.69, 9.17) is 14.2 Å². The maximum atomic E-state index is 13.0. The van der Waals surface area contributed by atoms with E-state index in [2.05, 4.69) is 10.0 Å².